The van der Waals surface area contributed by atoms with E-state index in [0.717, 1.165) is 5.56 Å². The van der Waals surface area contributed by atoms with Gasteiger partial charge in [-0.25, -0.2) is 4.39 Å². The molecule has 0 N–H and O–H groups in total. The molecule has 0 aliphatic rings. The van der Waals surface area contributed by atoms with Crippen molar-refractivity contribution in [3.63, 3.8) is 0 Å². The molecule has 20 heavy (non-hydrogen) atoms. The molecule has 2 aromatic carbocycles. The van der Waals surface area contributed by atoms with Gasteiger partial charge in [0, 0.05) is 11.6 Å². The molecule has 2 aromatic rings. The summed E-state index contributed by atoms with van der Waals surface area (Å²) in [6.07, 6.45) is 3.00. The Labute approximate surface area is 117 Å². The van der Waals surface area contributed by atoms with Crippen LogP contribution < -0.4 is 4.74 Å². The van der Waals surface area contributed by atoms with Gasteiger partial charge in [0.25, 0.3) is 0 Å². The third kappa shape index (κ3) is 3.75. The minimum absolute atomic E-state index is 0.367. The normalized spacial score (nSPS) is 11.3. The molecule has 2 rings (SSSR count). The van der Waals surface area contributed by atoms with Crippen LogP contribution in [0.3, 0.4) is 0 Å². The fourth-order valence-corrected chi connectivity index (χ4v) is 1.59. The van der Waals surface area contributed by atoms with E-state index in [9.17, 15) is 4.39 Å². The lowest BCUT2D eigenvalue weighted by Gasteiger charge is -2.00. The number of hydrogen-bond donors (Lipinski definition) is 0. The molecule has 4 heteroatoms. The lowest BCUT2D eigenvalue weighted by Crippen LogP contribution is -1.90. The van der Waals surface area contributed by atoms with Gasteiger partial charge < -0.3 is 4.74 Å². The fourth-order valence-electron chi connectivity index (χ4n) is 1.59. The maximum Gasteiger partial charge on any atom is 0.135 e. The molecule has 0 bridgehead atoms. The van der Waals surface area contributed by atoms with Crippen LogP contribution in [0.2, 0.25) is 0 Å². The number of ether oxygens (including phenoxy) is 1. The van der Waals surface area contributed by atoms with Gasteiger partial charge in [0.15, 0.2) is 0 Å². The van der Waals surface area contributed by atoms with Gasteiger partial charge >= 0.3 is 0 Å². The fraction of sp³-hybridized carbons (Fsp3) is 0.125. The highest BCUT2D eigenvalue weighted by Gasteiger charge is 2.00. The smallest absolute Gasteiger partial charge is 0.135 e. The van der Waals surface area contributed by atoms with E-state index < -0.39 is 5.82 Å². The summed E-state index contributed by atoms with van der Waals surface area (Å²) < 4.78 is 18.5. The number of benzene rings is 2. The van der Waals surface area contributed by atoms with Crippen LogP contribution in [0.1, 0.15) is 16.7 Å². The van der Waals surface area contributed by atoms with Gasteiger partial charge in [-0.15, -0.1) is 0 Å². The first kappa shape index (κ1) is 13.9. The highest BCUT2D eigenvalue weighted by atomic mass is 19.1. The molecule has 0 aromatic heterocycles. The zero-order valence-corrected chi connectivity index (χ0v) is 11.4. The summed E-state index contributed by atoms with van der Waals surface area (Å²) in [5.41, 5.74) is 2.50. The second-order valence-electron chi connectivity index (χ2n) is 4.29. The second-order valence-corrected chi connectivity index (χ2v) is 4.29. The van der Waals surface area contributed by atoms with Gasteiger partial charge in [-0.05, 0) is 24.6 Å². The Morgan fingerprint density at radius 3 is 2.35 bits per heavy atom. The van der Waals surface area contributed by atoms with Gasteiger partial charge in [0.2, 0.25) is 0 Å². The number of aryl methyl sites for hydroxylation is 1. The Morgan fingerprint density at radius 2 is 1.70 bits per heavy atom. The second kappa shape index (κ2) is 6.61. The van der Waals surface area contributed by atoms with Crippen LogP contribution in [0.4, 0.5) is 4.39 Å². The molecular weight excluding hydrogens is 255 g/mol. The van der Waals surface area contributed by atoms with Crippen molar-refractivity contribution in [2.45, 2.75) is 6.92 Å². The Bertz CT molecular complexity index is 633. The SMILES string of the molecule is COc1ccc(/C=N/N=C/c2ccc(C)cc2)c(F)c1. The average Bonchev–Trinajstić information content (AvgIpc) is 2.46. The van der Waals surface area contributed by atoms with E-state index in [4.69, 9.17) is 4.74 Å². The summed E-state index contributed by atoms with van der Waals surface area (Å²) in [4.78, 5) is 0. The summed E-state index contributed by atoms with van der Waals surface area (Å²) in [5.74, 6) is 0.0847. The first-order valence-corrected chi connectivity index (χ1v) is 6.15. The van der Waals surface area contributed by atoms with E-state index in [0.29, 0.717) is 11.3 Å². The average molecular weight is 270 g/mol. The predicted octanol–water partition coefficient (Wildman–Crippen LogP) is 3.60. The van der Waals surface area contributed by atoms with Crippen molar-refractivity contribution in [3.8, 4) is 5.75 Å². The summed E-state index contributed by atoms with van der Waals surface area (Å²) in [5, 5.41) is 7.74. The monoisotopic (exact) mass is 270 g/mol. The summed E-state index contributed by atoms with van der Waals surface area (Å²) >= 11 is 0. The number of hydrogen-bond acceptors (Lipinski definition) is 3. The molecule has 102 valence electrons. The number of halogens is 1. The molecular formula is C16H15FN2O. The molecule has 0 aliphatic carbocycles. The van der Waals surface area contributed by atoms with Crippen LogP contribution in [0.5, 0.6) is 5.75 Å². The topological polar surface area (TPSA) is 34.0 Å². The van der Waals surface area contributed by atoms with Crippen LogP contribution in [0, 0.1) is 12.7 Å². The molecule has 0 atom stereocenters. The third-order valence-electron chi connectivity index (χ3n) is 2.76. The van der Waals surface area contributed by atoms with Crippen molar-refractivity contribution in [2.24, 2.45) is 10.2 Å². The van der Waals surface area contributed by atoms with E-state index in [1.165, 1.54) is 25.0 Å². The largest absolute Gasteiger partial charge is 0.497 e. The van der Waals surface area contributed by atoms with Crippen molar-refractivity contribution in [1.82, 2.24) is 0 Å². The van der Waals surface area contributed by atoms with Crippen LogP contribution in [0.25, 0.3) is 0 Å². The molecule has 0 spiro atoms. The van der Waals surface area contributed by atoms with Crippen LogP contribution in [0.15, 0.2) is 52.7 Å². The van der Waals surface area contributed by atoms with Crippen molar-refractivity contribution < 1.29 is 9.13 Å². The molecule has 0 heterocycles. The maximum absolute atomic E-state index is 13.6. The van der Waals surface area contributed by atoms with E-state index in [1.807, 2.05) is 31.2 Å². The summed E-state index contributed by atoms with van der Waals surface area (Å²) in [6.45, 7) is 2.02. The van der Waals surface area contributed by atoms with Crippen LogP contribution >= 0.6 is 0 Å². The quantitative estimate of drug-likeness (QED) is 0.617. The van der Waals surface area contributed by atoms with E-state index in [-0.39, 0.29) is 0 Å². The molecule has 0 fully saturated rings. The number of nitrogens with zero attached hydrogens (tertiary/aromatic N) is 2. The first-order chi connectivity index (χ1) is 9.69. The first-order valence-electron chi connectivity index (χ1n) is 6.15. The number of methoxy groups -OCH3 is 1. The van der Waals surface area contributed by atoms with E-state index in [1.54, 1.807) is 18.3 Å². The number of rotatable bonds is 4. The zero-order valence-electron chi connectivity index (χ0n) is 11.4. The van der Waals surface area contributed by atoms with Crippen molar-refractivity contribution >= 4 is 12.4 Å². The minimum Gasteiger partial charge on any atom is -0.497 e. The molecule has 0 amide bonds. The Morgan fingerprint density at radius 1 is 1.00 bits per heavy atom. The van der Waals surface area contributed by atoms with Gasteiger partial charge in [0.1, 0.15) is 11.6 Å². The molecule has 0 saturated carbocycles. The van der Waals surface area contributed by atoms with Crippen molar-refractivity contribution in [2.75, 3.05) is 7.11 Å². The highest BCUT2D eigenvalue weighted by molar-refractivity contribution is 5.83. The van der Waals surface area contributed by atoms with Crippen molar-refractivity contribution in [3.05, 3.63) is 65.0 Å². The van der Waals surface area contributed by atoms with Gasteiger partial charge in [-0.1, -0.05) is 29.8 Å². The zero-order chi connectivity index (χ0) is 14.4. The van der Waals surface area contributed by atoms with E-state index in [2.05, 4.69) is 10.2 Å². The Kier molecular flexibility index (Phi) is 4.60. The Balaban J connectivity index is 2.04. The lowest BCUT2D eigenvalue weighted by atomic mass is 10.2. The maximum atomic E-state index is 13.6. The van der Waals surface area contributed by atoms with Gasteiger partial charge in [-0.3, -0.25) is 0 Å². The third-order valence-corrected chi connectivity index (χ3v) is 2.76. The van der Waals surface area contributed by atoms with Crippen LogP contribution in [-0.2, 0) is 0 Å². The minimum atomic E-state index is -0.390. The summed E-state index contributed by atoms with van der Waals surface area (Å²) in [7, 11) is 1.49. The lowest BCUT2D eigenvalue weighted by molar-refractivity contribution is 0.411. The molecule has 0 saturated heterocycles. The molecule has 3 nitrogen and oxygen atoms in total. The van der Waals surface area contributed by atoms with Gasteiger partial charge in [-0.2, -0.15) is 10.2 Å². The van der Waals surface area contributed by atoms with Crippen molar-refractivity contribution in [1.29, 1.82) is 0 Å². The Hall–Kier alpha value is -2.49. The standard InChI is InChI=1S/C16H15FN2O/c1-12-3-5-13(6-4-12)10-18-19-11-14-7-8-15(20-2)9-16(14)17/h3-11H,1-2H3/b18-10+,19-11+. The summed E-state index contributed by atoms with van der Waals surface area (Å²) in [6, 6.07) is 12.5. The van der Waals surface area contributed by atoms with E-state index >= 15 is 0 Å². The molecule has 0 unspecified atom stereocenters. The van der Waals surface area contributed by atoms with Gasteiger partial charge in [0.05, 0.1) is 19.5 Å². The molecule has 0 aliphatic heterocycles. The molecule has 0 radical (unpaired) electrons. The van der Waals surface area contributed by atoms with Crippen LogP contribution in [-0.4, -0.2) is 19.5 Å². The predicted molar refractivity (Wildman–Crippen MR) is 79.3 cm³/mol. The highest BCUT2D eigenvalue weighted by Crippen LogP contribution is 2.14.